The minimum Gasteiger partial charge on any atom is -0.381 e. The van der Waals surface area contributed by atoms with Crippen LogP contribution < -0.4 is 5.32 Å². The van der Waals surface area contributed by atoms with Crippen molar-refractivity contribution in [1.82, 2.24) is 0 Å². The van der Waals surface area contributed by atoms with E-state index in [2.05, 4.69) is 113 Å². The van der Waals surface area contributed by atoms with Crippen molar-refractivity contribution >= 4 is 28.6 Å². The summed E-state index contributed by atoms with van der Waals surface area (Å²) in [5.41, 5.74) is 11.9. The standard InChI is InChI=1S/C36H44N2S/c1-7-11-30-12-10-19-36(23-30)25-38-35(39-36)32-15-17-33(18-16-32)37-24-26(4)13-14-29(8-2)22-34-28(6)20-27(5)21-31(34)9-3/h9-10,12-18,20-21,23,37H,3,7-8,11,19,22,24-25H2,1-2,4-6H3/b26-13+,29-14+. The molecule has 1 atom stereocenters. The van der Waals surface area contributed by atoms with Crippen LogP contribution in [0.25, 0.3) is 6.08 Å². The lowest BCUT2D eigenvalue weighted by molar-refractivity contribution is 0.724. The van der Waals surface area contributed by atoms with Crippen LogP contribution in [0.5, 0.6) is 0 Å². The zero-order valence-corrected chi connectivity index (χ0v) is 25.3. The third-order valence-electron chi connectivity index (χ3n) is 7.61. The molecule has 0 radical (unpaired) electrons. The van der Waals surface area contributed by atoms with Crippen LogP contribution in [0.15, 0.2) is 95.1 Å². The highest BCUT2D eigenvalue weighted by molar-refractivity contribution is 8.16. The molecule has 2 aromatic carbocycles. The van der Waals surface area contributed by atoms with Gasteiger partial charge in [-0.3, -0.25) is 4.99 Å². The molecule has 0 aromatic heterocycles. The van der Waals surface area contributed by atoms with Crippen LogP contribution in [-0.4, -0.2) is 22.9 Å². The lowest BCUT2D eigenvalue weighted by Crippen LogP contribution is -2.24. The molecule has 39 heavy (non-hydrogen) atoms. The van der Waals surface area contributed by atoms with Gasteiger partial charge < -0.3 is 5.32 Å². The largest absolute Gasteiger partial charge is 0.381 e. The molecule has 1 spiro atoms. The Balaban J connectivity index is 1.34. The number of aryl methyl sites for hydroxylation is 2. The highest BCUT2D eigenvalue weighted by atomic mass is 32.2. The minimum absolute atomic E-state index is 0.115. The molecular formula is C36H44N2S. The molecule has 2 aromatic rings. The zero-order chi connectivity index (χ0) is 27.8. The molecular weight excluding hydrogens is 492 g/mol. The number of anilines is 1. The first-order valence-electron chi connectivity index (χ1n) is 14.4. The van der Waals surface area contributed by atoms with Crippen molar-refractivity contribution in [3.8, 4) is 0 Å². The summed E-state index contributed by atoms with van der Waals surface area (Å²) in [6.45, 7) is 16.8. The smallest absolute Gasteiger partial charge is 0.0986 e. The summed E-state index contributed by atoms with van der Waals surface area (Å²) in [4.78, 5) is 4.94. The van der Waals surface area contributed by atoms with Gasteiger partial charge in [-0.15, -0.1) is 0 Å². The maximum Gasteiger partial charge on any atom is 0.0986 e. The summed E-state index contributed by atoms with van der Waals surface area (Å²) in [5.74, 6) is 0. The number of thioether (sulfide) groups is 1. The van der Waals surface area contributed by atoms with Crippen molar-refractivity contribution in [2.24, 2.45) is 4.99 Å². The van der Waals surface area contributed by atoms with Crippen LogP contribution in [0.2, 0.25) is 0 Å². The van der Waals surface area contributed by atoms with Gasteiger partial charge >= 0.3 is 0 Å². The maximum absolute atomic E-state index is 4.94. The number of allylic oxidation sites excluding steroid dienone is 6. The van der Waals surface area contributed by atoms with E-state index in [0.717, 1.165) is 44.5 Å². The van der Waals surface area contributed by atoms with Crippen LogP contribution in [-0.2, 0) is 6.42 Å². The van der Waals surface area contributed by atoms with E-state index in [-0.39, 0.29) is 4.75 Å². The predicted molar refractivity (Wildman–Crippen MR) is 175 cm³/mol. The summed E-state index contributed by atoms with van der Waals surface area (Å²) in [6.07, 6.45) is 19.1. The topological polar surface area (TPSA) is 24.4 Å². The van der Waals surface area contributed by atoms with Gasteiger partial charge in [0.15, 0.2) is 0 Å². The summed E-state index contributed by atoms with van der Waals surface area (Å²) < 4.78 is 0.115. The van der Waals surface area contributed by atoms with Crippen molar-refractivity contribution < 1.29 is 0 Å². The molecule has 4 rings (SSSR count). The van der Waals surface area contributed by atoms with E-state index in [0.29, 0.717) is 0 Å². The molecule has 1 aliphatic carbocycles. The molecule has 0 amide bonds. The molecule has 1 N–H and O–H groups in total. The van der Waals surface area contributed by atoms with E-state index >= 15 is 0 Å². The summed E-state index contributed by atoms with van der Waals surface area (Å²) in [6, 6.07) is 13.3. The Bertz CT molecular complexity index is 1340. The molecule has 0 bridgehead atoms. The number of aliphatic imine (C=N–C) groups is 1. The second-order valence-corrected chi connectivity index (χ2v) is 12.4. The number of hydrogen-bond acceptors (Lipinski definition) is 3. The normalized spacial score (nSPS) is 19.3. The minimum atomic E-state index is 0.115. The van der Waals surface area contributed by atoms with Crippen molar-refractivity contribution in [2.75, 3.05) is 18.4 Å². The lowest BCUT2D eigenvalue weighted by Gasteiger charge is -2.26. The molecule has 1 heterocycles. The molecule has 0 saturated carbocycles. The Labute approximate surface area is 240 Å². The van der Waals surface area contributed by atoms with Gasteiger partial charge in [0, 0.05) is 17.8 Å². The molecule has 2 nitrogen and oxygen atoms in total. The van der Waals surface area contributed by atoms with Gasteiger partial charge in [-0.1, -0.05) is 122 Å². The second-order valence-electron chi connectivity index (χ2n) is 11.0. The fourth-order valence-corrected chi connectivity index (χ4v) is 6.65. The van der Waals surface area contributed by atoms with Crippen LogP contribution >= 0.6 is 11.8 Å². The number of nitrogens with zero attached hydrogens (tertiary/aromatic N) is 1. The Morgan fingerprint density at radius 3 is 2.64 bits per heavy atom. The molecule has 2 aliphatic rings. The third kappa shape index (κ3) is 7.54. The first-order valence-corrected chi connectivity index (χ1v) is 15.2. The Hall–Kier alpha value is -3.04. The Morgan fingerprint density at radius 1 is 1.13 bits per heavy atom. The van der Waals surface area contributed by atoms with Gasteiger partial charge in [0.25, 0.3) is 0 Å². The zero-order valence-electron chi connectivity index (χ0n) is 24.4. The monoisotopic (exact) mass is 536 g/mol. The molecule has 0 fully saturated rings. The van der Waals surface area contributed by atoms with E-state index in [4.69, 9.17) is 4.99 Å². The third-order valence-corrected chi connectivity index (χ3v) is 8.99. The molecule has 3 heteroatoms. The lowest BCUT2D eigenvalue weighted by atomic mass is 9.92. The maximum atomic E-state index is 4.94. The van der Waals surface area contributed by atoms with Gasteiger partial charge in [0.05, 0.1) is 16.3 Å². The molecule has 204 valence electrons. The van der Waals surface area contributed by atoms with E-state index < -0.39 is 0 Å². The van der Waals surface area contributed by atoms with E-state index in [1.54, 1.807) is 0 Å². The fourth-order valence-electron chi connectivity index (χ4n) is 5.37. The molecule has 0 saturated heterocycles. The highest BCUT2D eigenvalue weighted by Gasteiger charge is 2.36. The van der Waals surface area contributed by atoms with Crippen molar-refractivity contribution in [3.63, 3.8) is 0 Å². The summed E-state index contributed by atoms with van der Waals surface area (Å²) in [7, 11) is 0. The van der Waals surface area contributed by atoms with Crippen molar-refractivity contribution in [1.29, 1.82) is 0 Å². The average molecular weight is 537 g/mol. The van der Waals surface area contributed by atoms with Gasteiger partial charge in [-0.2, -0.15) is 0 Å². The van der Waals surface area contributed by atoms with Crippen LogP contribution in [0.1, 0.15) is 74.3 Å². The quantitative estimate of drug-likeness (QED) is 0.289. The van der Waals surface area contributed by atoms with Gasteiger partial charge in [-0.25, -0.2) is 0 Å². The van der Waals surface area contributed by atoms with E-state index in [1.165, 1.54) is 56.0 Å². The molecule has 1 unspecified atom stereocenters. The number of hydrogen-bond donors (Lipinski definition) is 1. The van der Waals surface area contributed by atoms with Crippen molar-refractivity contribution in [3.05, 3.63) is 118 Å². The second kappa shape index (κ2) is 13.3. The first kappa shape index (κ1) is 29.0. The van der Waals surface area contributed by atoms with Crippen LogP contribution in [0, 0.1) is 13.8 Å². The van der Waals surface area contributed by atoms with Gasteiger partial charge in [0.2, 0.25) is 0 Å². The highest BCUT2D eigenvalue weighted by Crippen LogP contribution is 2.43. The SMILES string of the molecule is C=Cc1cc(C)cc(C)c1C/C(=C/C=C(\C)CNc1ccc(C2=NCC3(C=C(CCC)C=CC3)S2)cc1)CC. The summed E-state index contributed by atoms with van der Waals surface area (Å²) >= 11 is 1.94. The predicted octanol–water partition coefficient (Wildman–Crippen LogP) is 9.80. The van der Waals surface area contributed by atoms with E-state index in [9.17, 15) is 0 Å². The fraction of sp³-hybridized carbons (Fsp3) is 0.361. The van der Waals surface area contributed by atoms with Crippen LogP contribution in [0.3, 0.4) is 0 Å². The number of benzene rings is 2. The Morgan fingerprint density at radius 2 is 1.92 bits per heavy atom. The van der Waals surface area contributed by atoms with Crippen molar-refractivity contribution in [2.45, 2.75) is 71.5 Å². The Kier molecular flexibility index (Phi) is 9.91. The molecule has 1 aliphatic heterocycles. The first-order chi connectivity index (χ1) is 18.8. The number of rotatable bonds is 11. The average Bonchev–Trinajstić information content (AvgIpc) is 3.33. The van der Waals surface area contributed by atoms with Gasteiger partial charge in [-0.05, 0) is 75.3 Å². The van der Waals surface area contributed by atoms with Gasteiger partial charge in [0.1, 0.15) is 0 Å². The summed E-state index contributed by atoms with van der Waals surface area (Å²) in [5, 5.41) is 4.76. The van der Waals surface area contributed by atoms with E-state index in [1.807, 2.05) is 17.8 Å². The van der Waals surface area contributed by atoms with Crippen LogP contribution in [0.4, 0.5) is 5.69 Å². The number of nitrogens with one attached hydrogen (secondary N) is 1.